The maximum Gasteiger partial charge on any atom is 0.133 e. The van der Waals surface area contributed by atoms with Crippen molar-refractivity contribution in [3.63, 3.8) is 0 Å². The number of fused-ring (bicyclic) bond motifs is 1. The van der Waals surface area contributed by atoms with Gasteiger partial charge in [-0.15, -0.1) is 0 Å². The topological polar surface area (TPSA) is 37.3 Å². The third-order valence-corrected chi connectivity index (χ3v) is 6.64. The maximum atomic E-state index is 12.0. The number of aliphatic hydroxyl groups excluding tert-OH is 1. The molecule has 0 heterocycles. The van der Waals surface area contributed by atoms with Crippen LogP contribution in [-0.4, -0.2) is 17.0 Å². The lowest BCUT2D eigenvalue weighted by molar-refractivity contribution is -0.124. The van der Waals surface area contributed by atoms with Crippen molar-refractivity contribution in [3.8, 4) is 0 Å². The summed E-state index contributed by atoms with van der Waals surface area (Å²) in [6.45, 7) is 8.26. The van der Waals surface area contributed by atoms with Crippen LogP contribution in [0.2, 0.25) is 0 Å². The van der Waals surface area contributed by atoms with Gasteiger partial charge >= 0.3 is 0 Å². The molecule has 3 aliphatic rings. The summed E-state index contributed by atoms with van der Waals surface area (Å²) in [7, 11) is 0. The molecule has 0 unspecified atom stereocenters. The average molecular weight is 314 g/mol. The first-order valence-corrected chi connectivity index (χ1v) is 9.18. The summed E-state index contributed by atoms with van der Waals surface area (Å²) in [4.78, 5) is 12.0. The predicted octanol–water partition coefficient (Wildman–Crippen LogP) is 4.75. The van der Waals surface area contributed by atoms with Crippen LogP contribution in [0.15, 0.2) is 35.5 Å². The van der Waals surface area contributed by atoms with E-state index in [2.05, 4.69) is 25.7 Å². The number of Topliss-reactive ketones (excluding diaryl/α,β-unsaturated/α-hetero) is 1. The second-order valence-corrected chi connectivity index (χ2v) is 8.09. The molecule has 23 heavy (non-hydrogen) atoms. The lowest BCUT2D eigenvalue weighted by Gasteiger charge is -2.41. The Hall–Kier alpha value is -1.15. The van der Waals surface area contributed by atoms with Crippen LogP contribution in [0.5, 0.6) is 0 Å². The van der Waals surface area contributed by atoms with Crippen LogP contribution in [0.4, 0.5) is 0 Å². The van der Waals surface area contributed by atoms with E-state index in [1.807, 2.05) is 0 Å². The van der Waals surface area contributed by atoms with Crippen molar-refractivity contribution in [2.45, 2.75) is 71.3 Å². The quantitative estimate of drug-likeness (QED) is 0.799. The van der Waals surface area contributed by atoms with Crippen LogP contribution >= 0.6 is 0 Å². The molecule has 0 radical (unpaired) electrons. The smallest absolute Gasteiger partial charge is 0.133 e. The Kier molecular flexibility index (Phi) is 4.64. The standard InChI is InChI=1S/C21H30O2/c1-14-6-9-18(23)13-17(14)8-7-16-5-4-12-21(3)19(15(2)22)10-11-20(16)21/h7-8,18-20,23H,1,4-6,9-13H2,2-3H3/t18-,19+,20-,21+/m0/s1. The van der Waals surface area contributed by atoms with Gasteiger partial charge in [0, 0.05) is 5.92 Å². The molecule has 3 aliphatic carbocycles. The highest BCUT2D eigenvalue weighted by Crippen LogP contribution is 2.57. The van der Waals surface area contributed by atoms with Crippen LogP contribution in [0.1, 0.15) is 65.2 Å². The molecule has 3 rings (SSSR count). The van der Waals surface area contributed by atoms with E-state index in [1.165, 1.54) is 29.6 Å². The average Bonchev–Trinajstić information content (AvgIpc) is 2.86. The van der Waals surface area contributed by atoms with Crippen molar-refractivity contribution >= 4 is 5.78 Å². The van der Waals surface area contributed by atoms with Gasteiger partial charge < -0.3 is 5.11 Å². The molecule has 3 saturated carbocycles. The fourth-order valence-electron chi connectivity index (χ4n) is 5.30. The SMILES string of the molecule is C=C1CC[C@H](O)CC1=CC=C1CCC[C@]2(C)[C@@H](C(C)=O)CC[C@@H]12. The minimum Gasteiger partial charge on any atom is -0.393 e. The highest BCUT2D eigenvalue weighted by molar-refractivity contribution is 5.79. The second kappa shape index (κ2) is 6.39. The summed E-state index contributed by atoms with van der Waals surface area (Å²) in [6.07, 6.45) is 12.5. The molecular formula is C21H30O2. The zero-order valence-electron chi connectivity index (χ0n) is 14.6. The van der Waals surface area contributed by atoms with E-state index in [9.17, 15) is 9.90 Å². The molecular weight excluding hydrogens is 284 g/mol. The van der Waals surface area contributed by atoms with Gasteiger partial charge in [0.1, 0.15) is 5.78 Å². The summed E-state index contributed by atoms with van der Waals surface area (Å²) in [6, 6.07) is 0. The zero-order chi connectivity index (χ0) is 16.6. The third kappa shape index (κ3) is 3.10. The van der Waals surface area contributed by atoms with Crippen LogP contribution in [-0.2, 0) is 4.79 Å². The summed E-state index contributed by atoms with van der Waals surface area (Å²) in [5, 5.41) is 9.88. The van der Waals surface area contributed by atoms with Crippen LogP contribution < -0.4 is 0 Å². The normalized spacial score (nSPS) is 41.3. The van der Waals surface area contributed by atoms with Crippen molar-refractivity contribution in [1.82, 2.24) is 0 Å². The molecule has 2 heteroatoms. The Balaban J connectivity index is 1.83. The van der Waals surface area contributed by atoms with E-state index in [4.69, 9.17) is 0 Å². The predicted molar refractivity (Wildman–Crippen MR) is 94.0 cm³/mol. The van der Waals surface area contributed by atoms with E-state index in [0.29, 0.717) is 11.7 Å². The minimum absolute atomic E-state index is 0.164. The van der Waals surface area contributed by atoms with Gasteiger partial charge in [-0.3, -0.25) is 4.79 Å². The van der Waals surface area contributed by atoms with Gasteiger partial charge in [0.05, 0.1) is 6.10 Å². The molecule has 0 amide bonds. The van der Waals surface area contributed by atoms with E-state index in [-0.39, 0.29) is 17.4 Å². The second-order valence-electron chi connectivity index (χ2n) is 8.09. The summed E-state index contributed by atoms with van der Waals surface area (Å²) < 4.78 is 0. The Morgan fingerprint density at radius 3 is 2.78 bits per heavy atom. The van der Waals surface area contributed by atoms with Crippen molar-refractivity contribution in [2.75, 3.05) is 0 Å². The zero-order valence-corrected chi connectivity index (χ0v) is 14.6. The van der Waals surface area contributed by atoms with E-state index >= 15 is 0 Å². The Labute approximate surface area is 140 Å². The fourth-order valence-corrected chi connectivity index (χ4v) is 5.30. The molecule has 0 aromatic heterocycles. The molecule has 0 aromatic carbocycles. The molecule has 4 atom stereocenters. The van der Waals surface area contributed by atoms with E-state index in [0.717, 1.165) is 38.5 Å². The lowest BCUT2D eigenvalue weighted by atomic mass is 9.63. The molecule has 0 aromatic rings. The Bertz CT molecular complexity index is 568. The van der Waals surface area contributed by atoms with Gasteiger partial charge in [0.15, 0.2) is 0 Å². The molecule has 1 N–H and O–H groups in total. The number of hydrogen-bond donors (Lipinski definition) is 1. The lowest BCUT2D eigenvalue weighted by Crippen LogP contribution is -2.36. The number of rotatable bonds is 2. The third-order valence-electron chi connectivity index (χ3n) is 6.64. The first kappa shape index (κ1) is 16.7. The minimum atomic E-state index is -0.213. The molecule has 2 nitrogen and oxygen atoms in total. The highest BCUT2D eigenvalue weighted by Gasteiger charge is 2.50. The largest absolute Gasteiger partial charge is 0.393 e. The number of carbonyl (C=O) groups is 1. The number of aliphatic hydroxyl groups is 1. The summed E-state index contributed by atoms with van der Waals surface area (Å²) in [5.41, 5.74) is 4.07. The molecule has 3 fully saturated rings. The fraction of sp³-hybridized carbons (Fsp3) is 0.667. The maximum absolute atomic E-state index is 12.0. The van der Waals surface area contributed by atoms with Crippen LogP contribution in [0.25, 0.3) is 0 Å². The highest BCUT2D eigenvalue weighted by atomic mass is 16.3. The molecule has 126 valence electrons. The first-order chi connectivity index (χ1) is 10.9. The van der Waals surface area contributed by atoms with Crippen LogP contribution in [0, 0.1) is 17.3 Å². The van der Waals surface area contributed by atoms with E-state index in [1.54, 1.807) is 6.92 Å². The Morgan fingerprint density at radius 2 is 2.04 bits per heavy atom. The monoisotopic (exact) mass is 314 g/mol. The molecule has 0 spiro atoms. The van der Waals surface area contributed by atoms with Crippen molar-refractivity contribution in [3.05, 3.63) is 35.5 Å². The number of hydrogen-bond acceptors (Lipinski definition) is 2. The summed E-state index contributed by atoms with van der Waals surface area (Å²) >= 11 is 0. The number of allylic oxidation sites excluding steroid dienone is 4. The molecule has 0 bridgehead atoms. The van der Waals surface area contributed by atoms with Crippen molar-refractivity contribution in [1.29, 1.82) is 0 Å². The van der Waals surface area contributed by atoms with Gasteiger partial charge in [-0.25, -0.2) is 0 Å². The van der Waals surface area contributed by atoms with Gasteiger partial charge in [-0.1, -0.05) is 36.8 Å². The van der Waals surface area contributed by atoms with Crippen molar-refractivity contribution in [2.24, 2.45) is 17.3 Å². The van der Waals surface area contributed by atoms with Gasteiger partial charge in [0.25, 0.3) is 0 Å². The van der Waals surface area contributed by atoms with Crippen LogP contribution in [0.3, 0.4) is 0 Å². The first-order valence-electron chi connectivity index (χ1n) is 9.18. The van der Waals surface area contributed by atoms with Gasteiger partial charge in [-0.05, 0) is 75.2 Å². The number of carbonyl (C=O) groups excluding carboxylic acids is 1. The van der Waals surface area contributed by atoms with Gasteiger partial charge in [-0.2, -0.15) is 0 Å². The molecule has 0 aliphatic heterocycles. The van der Waals surface area contributed by atoms with Gasteiger partial charge in [0.2, 0.25) is 0 Å². The Morgan fingerprint density at radius 1 is 1.26 bits per heavy atom. The molecule has 0 saturated heterocycles. The summed E-state index contributed by atoms with van der Waals surface area (Å²) in [5.74, 6) is 1.18. The number of ketones is 1. The van der Waals surface area contributed by atoms with Crippen molar-refractivity contribution < 1.29 is 9.90 Å². The van der Waals surface area contributed by atoms with E-state index < -0.39 is 0 Å².